The summed E-state index contributed by atoms with van der Waals surface area (Å²) in [6.07, 6.45) is 4.98. The van der Waals surface area contributed by atoms with Crippen LogP contribution in [0, 0.1) is 5.92 Å². The molecule has 4 fully saturated rings. The van der Waals surface area contributed by atoms with E-state index in [0.29, 0.717) is 44.5 Å². The lowest BCUT2D eigenvalue weighted by molar-refractivity contribution is -0.151. The van der Waals surface area contributed by atoms with Crippen LogP contribution < -0.4 is 0 Å². The number of piperidine rings is 1. The molecular weight excluding hydrogens is 414 g/mol. The number of benzene rings is 1. The maximum atomic E-state index is 13.2. The number of rotatable bonds is 2. The molecule has 6 rings (SSSR count). The molecule has 31 heavy (non-hydrogen) atoms. The van der Waals surface area contributed by atoms with Crippen molar-refractivity contribution in [2.75, 3.05) is 32.8 Å². The summed E-state index contributed by atoms with van der Waals surface area (Å²) in [6, 6.07) is 5.72. The van der Waals surface area contributed by atoms with Gasteiger partial charge in [0.15, 0.2) is 0 Å². The molecule has 7 nitrogen and oxygen atoms in total. The third-order valence-electron chi connectivity index (χ3n) is 7.52. The first-order valence-corrected chi connectivity index (χ1v) is 12.2. The Bertz CT molecular complexity index is 1020. The third-order valence-corrected chi connectivity index (χ3v) is 8.32. The molecule has 4 aliphatic heterocycles. The zero-order valence-corrected chi connectivity index (χ0v) is 18.3. The Morgan fingerprint density at radius 2 is 2.00 bits per heavy atom. The Morgan fingerprint density at radius 3 is 2.77 bits per heavy atom. The molecule has 0 saturated carbocycles. The summed E-state index contributed by atoms with van der Waals surface area (Å²) in [5, 5.41) is 0. The molecule has 5 heterocycles. The number of thiazole rings is 1. The number of carbonyl (C=O) groups excluding carboxylic acids is 2. The number of fused-ring (bicyclic) bond motifs is 3. The number of amides is 2. The number of hydrogen-bond acceptors (Lipinski definition) is 6. The molecule has 2 amide bonds. The largest absolute Gasteiger partial charge is 0.374 e. The van der Waals surface area contributed by atoms with Crippen LogP contribution in [0.3, 0.4) is 0 Å². The van der Waals surface area contributed by atoms with E-state index in [1.165, 1.54) is 0 Å². The minimum absolute atomic E-state index is 0.0415. The van der Waals surface area contributed by atoms with Crippen LogP contribution in [-0.2, 0) is 14.3 Å². The van der Waals surface area contributed by atoms with Crippen molar-refractivity contribution in [1.82, 2.24) is 14.8 Å². The molecule has 0 N–H and O–H groups in total. The number of hydrogen-bond donors (Lipinski definition) is 0. The number of carbonyl (C=O) groups is 2. The van der Waals surface area contributed by atoms with Crippen LogP contribution in [0.5, 0.6) is 0 Å². The van der Waals surface area contributed by atoms with Crippen LogP contribution in [0.15, 0.2) is 23.7 Å². The standard InChI is InChI=1S/C23H27N3O4S/c27-21(15-1-3-18-20(11-15)31-14-24-18)26-9-10-29-23(13-26)5-7-25(8-6-23)22(28)17-12-16-2-4-19(17)30-16/h1,3,11,14,16-17,19H,2,4-10,12-13H2/t16-,17+,19+/m0/s1. The predicted octanol–water partition coefficient (Wildman–Crippen LogP) is 2.70. The first-order chi connectivity index (χ1) is 15.1. The van der Waals surface area contributed by atoms with Gasteiger partial charge in [-0.1, -0.05) is 0 Å². The van der Waals surface area contributed by atoms with Gasteiger partial charge in [0.05, 0.1) is 52.6 Å². The highest BCUT2D eigenvalue weighted by molar-refractivity contribution is 7.16. The molecule has 1 aromatic heterocycles. The van der Waals surface area contributed by atoms with Crippen molar-refractivity contribution >= 4 is 33.4 Å². The maximum absolute atomic E-state index is 13.2. The van der Waals surface area contributed by atoms with E-state index in [1.807, 2.05) is 28.0 Å². The first-order valence-electron chi connectivity index (χ1n) is 11.3. The minimum atomic E-state index is -0.343. The van der Waals surface area contributed by atoms with Gasteiger partial charge in [0.1, 0.15) is 0 Å². The van der Waals surface area contributed by atoms with Gasteiger partial charge in [0.25, 0.3) is 5.91 Å². The van der Waals surface area contributed by atoms with E-state index >= 15 is 0 Å². The van der Waals surface area contributed by atoms with Crippen molar-refractivity contribution in [3.8, 4) is 0 Å². The van der Waals surface area contributed by atoms with Crippen LogP contribution in [0.4, 0.5) is 0 Å². The van der Waals surface area contributed by atoms with E-state index in [1.54, 1.807) is 16.8 Å². The second-order valence-electron chi connectivity index (χ2n) is 9.33. The smallest absolute Gasteiger partial charge is 0.254 e. The van der Waals surface area contributed by atoms with E-state index < -0.39 is 0 Å². The molecule has 2 bridgehead atoms. The molecule has 0 radical (unpaired) electrons. The number of morpholine rings is 1. The van der Waals surface area contributed by atoms with Crippen LogP contribution in [0.1, 0.15) is 42.5 Å². The van der Waals surface area contributed by atoms with Crippen molar-refractivity contribution < 1.29 is 19.1 Å². The monoisotopic (exact) mass is 441 g/mol. The zero-order valence-electron chi connectivity index (χ0n) is 17.5. The predicted molar refractivity (Wildman–Crippen MR) is 116 cm³/mol. The highest BCUT2D eigenvalue weighted by Crippen LogP contribution is 2.40. The van der Waals surface area contributed by atoms with E-state index in [2.05, 4.69) is 4.98 Å². The van der Waals surface area contributed by atoms with Gasteiger partial charge < -0.3 is 19.3 Å². The molecule has 3 atom stereocenters. The average Bonchev–Trinajstić information content (AvgIpc) is 3.55. The van der Waals surface area contributed by atoms with Gasteiger partial charge in [-0.25, -0.2) is 4.98 Å². The second-order valence-corrected chi connectivity index (χ2v) is 10.2. The summed E-state index contributed by atoms with van der Waals surface area (Å²) >= 11 is 1.55. The van der Waals surface area contributed by atoms with Crippen LogP contribution in [-0.4, -0.2) is 77.2 Å². The number of aromatic nitrogens is 1. The van der Waals surface area contributed by atoms with E-state index in [4.69, 9.17) is 9.47 Å². The van der Waals surface area contributed by atoms with Gasteiger partial charge in [-0.05, 0) is 50.3 Å². The second kappa shape index (κ2) is 7.53. The third kappa shape index (κ3) is 3.45. The molecule has 8 heteroatoms. The molecule has 0 unspecified atom stereocenters. The molecule has 164 valence electrons. The van der Waals surface area contributed by atoms with E-state index in [0.717, 1.165) is 42.3 Å². The highest BCUT2D eigenvalue weighted by Gasteiger charge is 2.48. The fraction of sp³-hybridized carbons (Fsp3) is 0.609. The van der Waals surface area contributed by atoms with Crippen LogP contribution in [0.2, 0.25) is 0 Å². The zero-order chi connectivity index (χ0) is 21.0. The Balaban J connectivity index is 1.11. The van der Waals surface area contributed by atoms with Crippen molar-refractivity contribution in [1.29, 1.82) is 0 Å². The van der Waals surface area contributed by atoms with Crippen molar-refractivity contribution in [2.45, 2.75) is 49.9 Å². The first kappa shape index (κ1) is 19.6. The van der Waals surface area contributed by atoms with Gasteiger partial charge in [0, 0.05) is 25.2 Å². The maximum Gasteiger partial charge on any atom is 0.254 e. The van der Waals surface area contributed by atoms with Gasteiger partial charge in [-0.15, -0.1) is 11.3 Å². The summed E-state index contributed by atoms with van der Waals surface area (Å²) in [4.78, 5) is 34.4. The fourth-order valence-corrected chi connectivity index (χ4v) is 6.47. The quantitative estimate of drug-likeness (QED) is 0.717. The molecule has 4 saturated heterocycles. The molecule has 2 aromatic rings. The summed E-state index contributed by atoms with van der Waals surface area (Å²) in [5.41, 5.74) is 3.10. The summed E-state index contributed by atoms with van der Waals surface area (Å²) in [5.74, 6) is 0.346. The molecule has 4 aliphatic rings. The molecule has 0 aliphatic carbocycles. The molecule has 1 aromatic carbocycles. The van der Waals surface area contributed by atoms with Gasteiger partial charge in [-0.3, -0.25) is 9.59 Å². The Hall–Kier alpha value is -2.03. The Labute approximate surface area is 185 Å². The van der Waals surface area contributed by atoms with Crippen LogP contribution in [0.25, 0.3) is 10.2 Å². The molecule has 1 spiro atoms. The van der Waals surface area contributed by atoms with Gasteiger partial charge >= 0.3 is 0 Å². The lowest BCUT2D eigenvalue weighted by Gasteiger charge is -2.47. The van der Waals surface area contributed by atoms with Crippen molar-refractivity contribution in [3.63, 3.8) is 0 Å². The van der Waals surface area contributed by atoms with E-state index in [-0.39, 0.29) is 29.4 Å². The van der Waals surface area contributed by atoms with Gasteiger partial charge in [0.2, 0.25) is 5.91 Å². The van der Waals surface area contributed by atoms with E-state index in [9.17, 15) is 9.59 Å². The lowest BCUT2D eigenvalue weighted by atomic mass is 9.85. The average molecular weight is 442 g/mol. The fourth-order valence-electron chi connectivity index (χ4n) is 5.76. The topological polar surface area (TPSA) is 72.0 Å². The highest BCUT2D eigenvalue weighted by atomic mass is 32.1. The Kier molecular flexibility index (Phi) is 4.77. The Morgan fingerprint density at radius 1 is 1.13 bits per heavy atom. The SMILES string of the molecule is O=C(c1ccc2ncsc2c1)N1CCOC2(CCN(C(=O)[C@@H]3C[C@@H]4CC[C@H]3O4)CC2)C1. The summed E-state index contributed by atoms with van der Waals surface area (Å²) < 4.78 is 13.1. The number of ether oxygens (including phenoxy) is 2. The van der Waals surface area contributed by atoms with Crippen LogP contribution >= 0.6 is 11.3 Å². The molecular formula is C23H27N3O4S. The van der Waals surface area contributed by atoms with Gasteiger partial charge in [-0.2, -0.15) is 0 Å². The van der Waals surface area contributed by atoms with Crippen molar-refractivity contribution in [3.05, 3.63) is 29.3 Å². The number of nitrogens with zero attached hydrogens (tertiary/aromatic N) is 3. The summed E-state index contributed by atoms with van der Waals surface area (Å²) in [6.45, 7) is 3.13. The summed E-state index contributed by atoms with van der Waals surface area (Å²) in [7, 11) is 0. The minimum Gasteiger partial charge on any atom is -0.374 e. The normalized spacial score (nSPS) is 29.7. The van der Waals surface area contributed by atoms with Crippen molar-refractivity contribution in [2.24, 2.45) is 5.92 Å². The number of likely N-dealkylation sites (tertiary alicyclic amines) is 1. The lowest BCUT2D eigenvalue weighted by Crippen LogP contribution is -2.59.